The largest absolute Gasteiger partial charge is 0.397 e. The Bertz CT molecular complexity index is 1130. The molecule has 1 aromatic heterocycles. The fraction of sp³-hybridized carbons (Fsp3) is 0.217. The quantitative estimate of drug-likeness (QED) is 0.351. The Morgan fingerprint density at radius 1 is 1.09 bits per heavy atom. The Balaban J connectivity index is 1.75. The Labute approximate surface area is 191 Å². The highest BCUT2D eigenvalue weighted by molar-refractivity contribution is 6.31. The number of carbonyl (C=O) groups is 1. The van der Waals surface area contributed by atoms with Gasteiger partial charge in [-0.2, -0.15) is 13.2 Å². The molecule has 4 nitrogen and oxygen atoms in total. The Morgan fingerprint density at radius 3 is 2.42 bits per heavy atom. The van der Waals surface area contributed by atoms with Crippen molar-refractivity contribution in [3.05, 3.63) is 76.4 Å². The second-order valence-corrected chi connectivity index (χ2v) is 7.65. The third kappa shape index (κ3) is 6.41. The van der Waals surface area contributed by atoms with Gasteiger partial charge >= 0.3 is 6.18 Å². The number of alkyl halides is 5. The molecule has 1 heterocycles. The molecule has 0 unspecified atom stereocenters. The molecule has 10 heteroatoms. The van der Waals surface area contributed by atoms with Crippen molar-refractivity contribution < 1.29 is 26.7 Å². The van der Waals surface area contributed by atoms with Crippen LogP contribution in [0.2, 0.25) is 5.02 Å². The van der Waals surface area contributed by atoms with E-state index in [0.29, 0.717) is 16.7 Å². The molecule has 0 fully saturated rings. The standard InChI is InChI=1S/C23H19ClF5N3O/c1-13-9-10-30-22(20(13)32-18(33)11-23(27,28)29)31-12-14-5-7-15(8-6-14)16-3-2-4-17(24)19(16)21(25)26/h2-10,21H,11-12H2,1H3,(H,30,31)(H,32,33). The van der Waals surface area contributed by atoms with E-state index in [1.165, 1.54) is 12.3 Å². The molecule has 0 radical (unpaired) electrons. The summed E-state index contributed by atoms with van der Waals surface area (Å²) in [6.07, 6.45) is -7.49. The highest BCUT2D eigenvalue weighted by Gasteiger charge is 2.31. The van der Waals surface area contributed by atoms with E-state index in [1.54, 1.807) is 49.4 Å². The molecule has 0 saturated carbocycles. The van der Waals surface area contributed by atoms with Crippen LogP contribution in [0.1, 0.15) is 29.5 Å². The van der Waals surface area contributed by atoms with Crippen molar-refractivity contribution in [3.8, 4) is 11.1 Å². The fourth-order valence-corrected chi connectivity index (χ4v) is 3.47. The second-order valence-electron chi connectivity index (χ2n) is 7.24. The van der Waals surface area contributed by atoms with Crippen LogP contribution in [0.4, 0.5) is 33.5 Å². The molecule has 0 aliphatic carbocycles. The summed E-state index contributed by atoms with van der Waals surface area (Å²) >= 11 is 5.93. The summed E-state index contributed by atoms with van der Waals surface area (Å²) in [5.74, 6) is -0.980. The summed E-state index contributed by atoms with van der Waals surface area (Å²) < 4.78 is 64.3. The lowest BCUT2D eigenvalue weighted by Crippen LogP contribution is -2.22. The predicted octanol–water partition coefficient (Wildman–Crippen LogP) is 7.15. The maximum atomic E-state index is 13.4. The highest BCUT2D eigenvalue weighted by atomic mass is 35.5. The average molecular weight is 484 g/mol. The fourth-order valence-electron chi connectivity index (χ4n) is 3.21. The van der Waals surface area contributed by atoms with E-state index in [0.717, 1.165) is 5.56 Å². The lowest BCUT2D eigenvalue weighted by molar-refractivity contribution is -0.150. The molecule has 3 aromatic rings. The number of aromatic nitrogens is 1. The molecule has 2 aromatic carbocycles. The second kappa shape index (κ2) is 10.2. The van der Waals surface area contributed by atoms with Crippen molar-refractivity contribution in [1.82, 2.24) is 4.98 Å². The number of benzene rings is 2. The van der Waals surface area contributed by atoms with E-state index in [9.17, 15) is 26.7 Å². The van der Waals surface area contributed by atoms with E-state index in [4.69, 9.17) is 11.6 Å². The molecule has 33 heavy (non-hydrogen) atoms. The first-order valence-electron chi connectivity index (χ1n) is 9.77. The van der Waals surface area contributed by atoms with E-state index in [2.05, 4.69) is 15.6 Å². The number of hydrogen-bond donors (Lipinski definition) is 2. The van der Waals surface area contributed by atoms with Crippen molar-refractivity contribution >= 4 is 29.0 Å². The van der Waals surface area contributed by atoms with Crippen molar-refractivity contribution in [3.63, 3.8) is 0 Å². The summed E-state index contributed by atoms with van der Waals surface area (Å²) in [7, 11) is 0. The van der Waals surface area contributed by atoms with Crippen molar-refractivity contribution in [2.45, 2.75) is 32.5 Å². The zero-order chi connectivity index (χ0) is 24.2. The molecule has 0 saturated heterocycles. The van der Waals surface area contributed by atoms with Gasteiger partial charge in [-0.15, -0.1) is 0 Å². The minimum Gasteiger partial charge on any atom is -0.364 e. The van der Waals surface area contributed by atoms with Crippen LogP contribution in [0.3, 0.4) is 0 Å². The van der Waals surface area contributed by atoms with Gasteiger partial charge in [0.05, 0.1) is 10.7 Å². The van der Waals surface area contributed by atoms with Gasteiger partial charge in [0.15, 0.2) is 0 Å². The molecule has 2 N–H and O–H groups in total. The van der Waals surface area contributed by atoms with Gasteiger partial charge in [-0.1, -0.05) is 48.0 Å². The van der Waals surface area contributed by atoms with Crippen molar-refractivity contribution in [2.75, 3.05) is 10.6 Å². The van der Waals surface area contributed by atoms with Gasteiger partial charge in [0.2, 0.25) is 5.91 Å². The summed E-state index contributed by atoms with van der Waals surface area (Å²) in [6, 6.07) is 12.9. The number of carbonyl (C=O) groups excluding carboxylic acids is 1. The average Bonchev–Trinajstić information content (AvgIpc) is 2.73. The van der Waals surface area contributed by atoms with Gasteiger partial charge in [0, 0.05) is 18.3 Å². The molecular weight excluding hydrogens is 465 g/mol. The number of nitrogens with zero attached hydrogens (tertiary/aromatic N) is 1. The zero-order valence-corrected chi connectivity index (χ0v) is 18.1. The SMILES string of the molecule is Cc1ccnc(NCc2ccc(-c3cccc(Cl)c3C(F)F)cc2)c1NC(=O)CC(F)(F)F. The number of aryl methyl sites for hydroxylation is 1. The number of hydrogen-bond acceptors (Lipinski definition) is 3. The Hall–Kier alpha value is -3.20. The minimum absolute atomic E-state index is 0.0149. The number of halogens is 6. The molecule has 3 rings (SSSR count). The zero-order valence-electron chi connectivity index (χ0n) is 17.3. The highest BCUT2D eigenvalue weighted by Crippen LogP contribution is 2.36. The summed E-state index contributed by atoms with van der Waals surface area (Å²) in [5.41, 5.74) is 2.10. The van der Waals surface area contributed by atoms with Gasteiger partial charge in [-0.3, -0.25) is 4.79 Å². The molecule has 1 amide bonds. The number of amides is 1. The molecule has 0 atom stereocenters. The lowest BCUT2D eigenvalue weighted by Gasteiger charge is -2.15. The summed E-state index contributed by atoms with van der Waals surface area (Å²) in [5, 5.41) is 5.23. The minimum atomic E-state index is -4.62. The molecule has 0 aliphatic rings. The van der Waals surface area contributed by atoms with E-state index < -0.39 is 24.9 Å². The normalized spacial score (nSPS) is 11.5. The van der Waals surface area contributed by atoms with Crippen LogP contribution >= 0.6 is 11.6 Å². The first-order chi connectivity index (χ1) is 15.5. The van der Waals surface area contributed by atoms with Gasteiger partial charge < -0.3 is 10.6 Å². The van der Waals surface area contributed by atoms with Gasteiger partial charge in [-0.05, 0) is 41.3 Å². The van der Waals surface area contributed by atoms with Crippen LogP contribution in [0, 0.1) is 6.92 Å². The first-order valence-corrected chi connectivity index (χ1v) is 10.1. The van der Waals surface area contributed by atoms with Crippen LogP contribution in [0.5, 0.6) is 0 Å². The number of pyridine rings is 1. The molecule has 174 valence electrons. The molecule has 0 aliphatic heterocycles. The first kappa shape index (κ1) is 24.4. The van der Waals surface area contributed by atoms with Gasteiger partial charge in [0.1, 0.15) is 12.2 Å². The van der Waals surface area contributed by atoms with Crippen LogP contribution in [0.25, 0.3) is 11.1 Å². The van der Waals surface area contributed by atoms with E-state index in [-0.39, 0.29) is 28.6 Å². The monoisotopic (exact) mass is 483 g/mol. The van der Waals surface area contributed by atoms with Crippen molar-refractivity contribution in [2.24, 2.45) is 0 Å². The maximum absolute atomic E-state index is 13.4. The third-order valence-electron chi connectivity index (χ3n) is 4.78. The Kier molecular flexibility index (Phi) is 7.53. The van der Waals surface area contributed by atoms with Gasteiger partial charge in [-0.25, -0.2) is 13.8 Å². The van der Waals surface area contributed by atoms with E-state index >= 15 is 0 Å². The number of nitrogens with one attached hydrogen (secondary N) is 2. The van der Waals surface area contributed by atoms with Crippen LogP contribution in [-0.2, 0) is 11.3 Å². The molecule has 0 spiro atoms. The number of anilines is 2. The smallest absolute Gasteiger partial charge is 0.364 e. The van der Waals surface area contributed by atoms with Crippen LogP contribution in [-0.4, -0.2) is 17.1 Å². The van der Waals surface area contributed by atoms with Crippen LogP contribution in [0.15, 0.2) is 54.7 Å². The van der Waals surface area contributed by atoms with Gasteiger partial charge in [0.25, 0.3) is 6.43 Å². The third-order valence-corrected chi connectivity index (χ3v) is 5.11. The summed E-state index contributed by atoms with van der Waals surface area (Å²) in [6.45, 7) is 1.87. The molecular formula is C23H19ClF5N3O. The molecule has 0 bridgehead atoms. The maximum Gasteiger partial charge on any atom is 0.397 e. The van der Waals surface area contributed by atoms with E-state index in [1.807, 2.05) is 0 Å². The van der Waals surface area contributed by atoms with Crippen molar-refractivity contribution in [1.29, 1.82) is 0 Å². The predicted molar refractivity (Wildman–Crippen MR) is 117 cm³/mol. The lowest BCUT2D eigenvalue weighted by atomic mass is 9.98. The Morgan fingerprint density at radius 2 is 1.79 bits per heavy atom. The summed E-state index contributed by atoms with van der Waals surface area (Å²) in [4.78, 5) is 15.8. The number of rotatable bonds is 7. The van der Waals surface area contributed by atoms with Crippen LogP contribution < -0.4 is 10.6 Å². The topological polar surface area (TPSA) is 54.0 Å².